The fourth-order valence-corrected chi connectivity index (χ4v) is 5.84. The minimum Gasteiger partial charge on any atom is -0.455 e. The van der Waals surface area contributed by atoms with E-state index in [4.69, 9.17) is 9.40 Å². The first kappa shape index (κ1) is 20.2. The van der Waals surface area contributed by atoms with Gasteiger partial charge in [0, 0.05) is 24.2 Å². The summed E-state index contributed by atoms with van der Waals surface area (Å²) in [5.41, 5.74) is 1.81. The number of aliphatic hydroxyl groups is 1. The summed E-state index contributed by atoms with van der Waals surface area (Å²) in [6.45, 7) is 1.44. The number of rotatable bonds is 5. The van der Waals surface area contributed by atoms with Crippen LogP contribution in [-0.4, -0.2) is 45.1 Å². The molecule has 1 aromatic carbocycles. The van der Waals surface area contributed by atoms with Crippen molar-refractivity contribution in [3.05, 3.63) is 66.7 Å². The third kappa shape index (κ3) is 3.10. The van der Waals surface area contributed by atoms with Gasteiger partial charge in [0.1, 0.15) is 17.9 Å². The van der Waals surface area contributed by atoms with Gasteiger partial charge in [-0.05, 0) is 43.3 Å². The van der Waals surface area contributed by atoms with Crippen molar-refractivity contribution in [2.75, 3.05) is 13.1 Å². The lowest BCUT2D eigenvalue weighted by atomic mass is 10.2. The number of hydrogen-bond donors (Lipinski definition) is 2. The number of nitrogens with zero attached hydrogens (tertiary/aromatic N) is 4. The first-order valence-electron chi connectivity index (χ1n) is 10.7. The lowest BCUT2D eigenvalue weighted by Gasteiger charge is -2.15. The molecule has 9 nitrogen and oxygen atoms in total. The van der Waals surface area contributed by atoms with Crippen LogP contribution in [0.3, 0.4) is 0 Å². The molecule has 1 saturated heterocycles. The van der Waals surface area contributed by atoms with Gasteiger partial charge < -0.3 is 19.4 Å². The van der Waals surface area contributed by atoms with Crippen LogP contribution in [0, 0.1) is 0 Å². The maximum atomic E-state index is 13.3. The van der Waals surface area contributed by atoms with Gasteiger partial charge >= 0.3 is 0 Å². The number of aliphatic hydroxyl groups excluding tert-OH is 1. The van der Waals surface area contributed by atoms with Crippen LogP contribution in [0.2, 0.25) is 0 Å². The van der Waals surface area contributed by atoms with Crippen LogP contribution in [0.15, 0.2) is 70.2 Å². The Morgan fingerprint density at radius 1 is 1.15 bits per heavy atom. The molecule has 0 radical (unpaired) electrons. The van der Waals surface area contributed by atoms with Gasteiger partial charge in [0.15, 0.2) is 17.2 Å². The largest absolute Gasteiger partial charge is 0.455 e. The Kier molecular flexibility index (Phi) is 4.61. The molecule has 0 saturated carbocycles. The number of aromatic nitrogens is 4. The fourth-order valence-electron chi connectivity index (χ4n) is 4.52. The van der Waals surface area contributed by atoms with Crippen molar-refractivity contribution >= 4 is 32.1 Å². The second-order valence-corrected chi connectivity index (χ2v) is 9.85. The topological polar surface area (TPSA) is 115 Å². The van der Waals surface area contributed by atoms with E-state index in [1.165, 1.54) is 3.97 Å². The van der Waals surface area contributed by atoms with E-state index in [1.54, 1.807) is 60.9 Å². The number of furan rings is 1. The van der Waals surface area contributed by atoms with Crippen molar-refractivity contribution in [3.8, 4) is 11.6 Å². The van der Waals surface area contributed by atoms with E-state index in [2.05, 4.69) is 14.9 Å². The van der Waals surface area contributed by atoms with Crippen LogP contribution in [-0.2, 0) is 16.6 Å². The summed E-state index contributed by atoms with van der Waals surface area (Å²) in [5, 5.41) is 13.5. The monoisotopic (exact) mass is 463 g/mol. The SMILES string of the molecule is O=S(=O)(c1ccccc1)n1ccc2c1ncc1nc(-c3ccc(CO)o3)n(C3CCNC3)c12. The molecule has 1 fully saturated rings. The number of pyridine rings is 1. The molecule has 0 amide bonds. The molecule has 1 aliphatic rings. The Hall–Kier alpha value is -3.47. The van der Waals surface area contributed by atoms with Gasteiger partial charge in [-0.3, -0.25) is 0 Å². The first-order valence-corrected chi connectivity index (χ1v) is 12.1. The smallest absolute Gasteiger partial charge is 0.269 e. The highest BCUT2D eigenvalue weighted by atomic mass is 32.2. The normalized spacial score (nSPS) is 16.8. The molecule has 1 unspecified atom stereocenters. The van der Waals surface area contributed by atoms with Crippen molar-refractivity contribution in [2.45, 2.75) is 24.0 Å². The Balaban J connectivity index is 1.61. The Labute approximate surface area is 189 Å². The van der Waals surface area contributed by atoms with Crippen molar-refractivity contribution in [2.24, 2.45) is 0 Å². The second-order valence-electron chi connectivity index (χ2n) is 8.04. The van der Waals surface area contributed by atoms with Gasteiger partial charge in [-0.15, -0.1) is 0 Å². The zero-order chi connectivity index (χ0) is 22.6. The lowest BCUT2D eigenvalue weighted by Crippen LogP contribution is -2.14. The molecule has 10 heteroatoms. The molecule has 2 N–H and O–H groups in total. The van der Waals surface area contributed by atoms with E-state index < -0.39 is 10.0 Å². The molecule has 4 aromatic heterocycles. The Morgan fingerprint density at radius 3 is 2.73 bits per heavy atom. The molecule has 168 valence electrons. The molecule has 33 heavy (non-hydrogen) atoms. The maximum absolute atomic E-state index is 13.3. The van der Waals surface area contributed by atoms with Crippen molar-refractivity contribution in [3.63, 3.8) is 0 Å². The van der Waals surface area contributed by atoms with Gasteiger partial charge in [-0.1, -0.05) is 18.2 Å². The number of hydrogen-bond acceptors (Lipinski definition) is 7. The summed E-state index contributed by atoms with van der Waals surface area (Å²) in [6.07, 6.45) is 4.05. The highest BCUT2D eigenvalue weighted by molar-refractivity contribution is 7.90. The van der Waals surface area contributed by atoms with Gasteiger partial charge in [0.25, 0.3) is 10.0 Å². The molecule has 0 spiro atoms. The summed E-state index contributed by atoms with van der Waals surface area (Å²) in [6, 6.07) is 13.7. The van der Waals surface area contributed by atoms with E-state index in [0.717, 1.165) is 25.0 Å². The lowest BCUT2D eigenvalue weighted by molar-refractivity contribution is 0.248. The average molecular weight is 464 g/mol. The van der Waals surface area contributed by atoms with Gasteiger partial charge in [-0.2, -0.15) is 0 Å². The molecule has 5 heterocycles. The molecule has 0 aliphatic carbocycles. The van der Waals surface area contributed by atoms with Gasteiger partial charge in [0.2, 0.25) is 0 Å². The van der Waals surface area contributed by atoms with Crippen LogP contribution in [0.4, 0.5) is 0 Å². The minimum absolute atomic E-state index is 0.118. The Bertz CT molecular complexity index is 1580. The predicted molar refractivity (Wildman–Crippen MR) is 122 cm³/mol. The van der Waals surface area contributed by atoms with Crippen LogP contribution in [0.1, 0.15) is 18.2 Å². The summed E-state index contributed by atoms with van der Waals surface area (Å²) in [7, 11) is -3.80. The third-order valence-corrected chi connectivity index (χ3v) is 7.75. The van der Waals surface area contributed by atoms with E-state index >= 15 is 0 Å². The minimum atomic E-state index is -3.80. The summed E-state index contributed by atoms with van der Waals surface area (Å²) in [4.78, 5) is 9.47. The molecule has 5 aromatic rings. The van der Waals surface area contributed by atoms with E-state index in [0.29, 0.717) is 33.9 Å². The number of imidazole rings is 1. The number of benzene rings is 1. The first-order chi connectivity index (χ1) is 16.1. The summed E-state index contributed by atoms with van der Waals surface area (Å²) < 4.78 is 35.7. The van der Waals surface area contributed by atoms with Crippen molar-refractivity contribution in [1.29, 1.82) is 0 Å². The number of fused-ring (bicyclic) bond motifs is 3. The van der Waals surface area contributed by atoms with Crippen LogP contribution < -0.4 is 5.32 Å². The van der Waals surface area contributed by atoms with Gasteiger partial charge in [0.05, 0.1) is 16.6 Å². The second kappa shape index (κ2) is 7.55. The van der Waals surface area contributed by atoms with Crippen molar-refractivity contribution < 1.29 is 17.9 Å². The molecule has 1 atom stereocenters. The van der Waals surface area contributed by atoms with Gasteiger partial charge in [-0.25, -0.2) is 22.4 Å². The highest BCUT2D eigenvalue weighted by Crippen LogP contribution is 2.35. The Morgan fingerprint density at radius 2 is 2.00 bits per heavy atom. The maximum Gasteiger partial charge on any atom is 0.269 e. The quantitative estimate of drug-likeness (QED) is 0.412. The van der Waals surface area contributed by atoms with E-state index in [-0.39, 0.29) is 17.5 Å². The summed E-state index contributed by atoms with van der Waals surface area (Å²) >= 11 is 0. The molecule has 1 aliphatic heterocycles. The number of nitrogens with one attached hydrogen (secondary N) is 1. The summed E-state index contributed by atoms with van der Waals surface area (Å²) in [5.74, 6) is 1.63. The predicted octanol–water partition coefficient (Wildman–Crippen LogP) is 2.91. The third-order valence-electron chi connectivity index (χ3n) is 6.07. The molecular weight excluding hydrogens is 442 g/mol. The van der Waals surface area contributed by atoms with Crippen LogP contribution in [0.5, 0.6) is 0 Å². The van der Waals surface area contributed by atoms with Crippen LogP contribution in [0.25, 0.3) is 33.7 Å². The standard InChI is InChI=1S/C23H21N5O4S/c29-14-16-6-7-20(32-16)23-26-19-13-25-22-18(21(19)28(23)15-8-10-24-12-15)9-11-27(22)33(30,31)17-4-2-1-3-5-17/h1-7,9,11,13,15,24,29H,8,10,12,14H2. The molecular formula is C23H21N5O4S. The molecule has 6 rings (SSSR count). The zero-order valence-electron chi connectivity index (χ0n) is 17.5. The van der Waals surface area contributed by atoms with E-state index in [9.17, 15) is 13.5 Å². The highest BCUT2D eigenvalue weighted by Gasteiger charge is 2.28. The van der Waals surface area contributed by atoms with E-state index in [1.807, 2.05) is 0 Å². The molecule has 0 bridgehead atoms. The average Bonchev–Trinajstić information content (AvgIpc) is 3.63. The van der Waals surface area contributed by atoms with Crippen LogP contribution >= 0.6 is 0 Å². The fraction of sp³-hybridized carbons (Fsp3) is 0.217. The zero-order valence-corrected chi connectivity index (χ0v) is 18.4. The van der Waals surface area contributed by atoms with Crippen molar-refractivity contribution in [1.82, 2.24) is 23.8 Å².